The van der Waals surface area contributed by atoms with Crippen molar-refractivity contribution in [2.24, 2.45) is 0 Å². The van der Waals surface area contributed by atoms with Crippen molar-refractivity contribution in [2.75, 3.05) is 6.61 Å². The predicted octanol–water partition coefficient (Wildman–Crippen LogP) is 6.44. The van der Waals surface area contributed by atoms with Gasteiger partial charge in [-0.25, -0.2) is 4.79 Å². The minimum absolute atomic E-state index is 0.227. The van der Waals surface area contributed by atoms with Gasteiger partial charge in [0.05, 0.1) is 12.2 Å². The molecule has 1 aliphatic rings. The van der Waals surface area contributed by atoms with Gasteiger partial charge in [-0.05, 0) is 36.6 Å². The lowest BCUT2D eigenvalue weighted by Crippen LogP contribution is -2.05. The summed E-state index contributed by atoms with van der Waals surface area (Å²) in [5, 5.41) is 9.09. The number of carbonyl (C=O) groups is 1. The highest BCUT2D eigenvalue weighted by Gasteiger charge is 2.25. The van der Waals surface area contributed by atoms with Gasteiger partial charge in [-0.15, -0.1) is 0 Å². The first-order valence-corrected chi connectivity index (χ1v) is 10.6. The lowest BCUT2D eigenvalue weighted by atomic mass is 10.1. The van der Waals surface area contributed by atoms with Crippen molar-refractivity contribution < 1.29 is 19.4 Å². The molecule has 2 atom stereocenters. The van der Waals surface area contributed by atoms with E-state index < -0.39 is 5.97 Å². The van der Waals surface area contributed by atoms with Gasteiger partial charge in [-0.2, -0.15) is 0 Å². The molecule has 0 aliphatic carbocycles. The third-order valence-electron chi connectivity index (χ3n) is 4.96. The summed E-state index contributed by atoms with van der Waals surface area (Å²) in [6, 6.07) is 6.83. The molecule has 1 aromatic carbocycles. The van der Waals surface area contributed by atoms with Gasteiger partial charge < -0.3 is 14.6 Å². The van der Waals surface area contributed by atoms with Crippen molar-refractivity contribution in [3.63, 3.8) is 0 Å². The van der Waals surface area contributed by atoms with E-state index >= 15 is 0 Å². The second kappa shape index (κ2) is 13.3. The molecule has 0 amide bonds. The Hall–Kier alpha value is -1.91. The van der Waals surface area contributed by atoms with E-state index in [-0.39, 0.29) is 18.0 Å². The lowest BCUT2D eigenvalue weighted by Gasteiger charge is -2.09. The van der Waals surface area contributed by atoms with E-state index in [0.717, 1.165) is 12.0 Å². The van der Waals surface area contributed by atoms with Crippen molar-refractivity contribution in [3.05, 3.63) is 59.7 Å². The van der Waals surface area contributed by atoms with Gasteiger partial charge in [0.1, 0.15) is 6.10 Å². The number of allylic oxidation sites excluding steroid dienone is 3. The van der Waals surface area contributed by atoms with Crippen molar-refractivity contribution in [1.29, 1.82) is 0 Å². The number of hydrogen-bond donors (Lipinski definition) is 1. The van der Waals surface area contributed by atoms with E-state index in [1.54, 1.807) is 18.2 Å². The molecule has 2 rings (SSSR count). The molecule has 1 N–H and O–H groups in total. The summed E-state index contributed by atoms with van der Waals surface area (Å²) in [4.78, 5) is 11.1. The normalized spacial score (nSPS) is 19.8. The Morgan fingerprint density at radius 3 is 2.61 bits per heavy atom. The van der Waals surface area contributed by atoms with Crippen molar-refractivity contribution in [2.45, 2.75) is 77.1 Å². The lowest BCUT2D eigenvalue weighted by molar-refractivity contribution is -0.0200. The average molecular weight is 387 g/mol. The third-order valence-corrected chi connectivity index (χ3v) is 4.96. The zero-order valence-corrected chi connectivity index (χ0v) is 17.0. The van der Waals surface area contributed by atoms with Crippen LogP contribution in [0.4, 0.5) is 0 Å². The maximum Gasteiger partial charge on any atom is 0.335 e. The summed E-state index contributed by atoms with van der Waals surface area (Å²) < 4.78 is 11.5. The largest absolute Gasteiger partial charge is 0.478 e. The summed E-state index contributed by atoms with van der Waals surface area (Å²) in [6.45, 7) is 2.68. The van der Waals surface area contributed by atoms with Gasteiger partial charge in [-0.1, -0.05) is 82.2 Å². The maximum atomic E-state index is 11.1. The van der Waals surface area contributed by atoms with Crippen molar-refractivity contribution in [1.82, 2.24) is 0 Å². The van der Waals surface area contributed by atoms with Gasteiger partial charge in [0, 0.05) is 0 Å². The molecule has 1 aliphatic heterocycles. The van der Waals surface area contributed by atoms with Gasteiger partial charge in [0.25, 0.3) is 0 Å². The van der Waals surface area contributed by atoms with Crippen LogP contribution in [-0.2, 0) is 9.47 Å². The maximum absolute atomic E-state index is 11.1. The molecule has 28 heavy (non-hydrogen) atoms. The van der Waals surface area contributed by atoms with E-state index in [0.29, 0.717) is 6.61 Å². The van der Waals surface area contributed by atoms with Gasteiger partial charge in [0.2, 0.25) is 0 Å². The van der Waals surface area contributed by atoms with Crippen LogP contribution in [0.15, 0.2) is 48.6 Å². The Bertz CT molecular complexity index is 635. The Kier molecular flexibility index (Phi) is 10.6. The van der Waals surface area contributed by atoms with Crippen molar-refractivity contribution in [3.8, 4) is 0 Å². The van der Waals surface area contributed by atoms with E-state index in [1.165, 1.54) is 51.4 Å². The molecule has 2 unspecified atom stereocenters. The summed E-state index contributed by atoms with van der Waals surface area (Å²) in [5.41, 5.74) is 1.10. The van der Waals surface area contributed by atoms with Crippen molar-refractivity contribution >= 4 is 5.97 Å². The molecule has 1 saturated heterocycles. The first-order chi connectivity index (χ1) is 13.7. The average Bonchev–Trinajstić information content (AvgIpc) is 3.18. The van der Waals surface area contributed by atoms with Crippen LogP contribution in [0.1, 0.15) is 86.7 Å². The summed E-state index contributed by atoms with van der Waals surface area (Å²) in [7, 11) is 0. The van der Waals surface area contributed by atoms with Crippen LogP contribution >= 0.6 is 0 Å². The number of hydrogen-bond acceptors (Lipinski definition) is 3. The van der Waals surface area contributed by atoms with E-state index in [2.05, 4.69) is 13.0 Å². The molecule has 0 radical (unpaired) electrons. The fraction of sp³-hybridized carbons (Fsp3) is 0.542. The summed E-state index contributed by atoms with van der Waals surface area (Å²) in [5.74, 6) is -0.932. The highest BCUT2D eigenvalue weighted by atomic mass is 16.7. The van der Waals surface area contributed by atoms with Gasteiger partial charge in [-0.3, -0.25) is 0 Å². The van der Waals surface area contributed by atoms with Crippen LogP contribution in [0.3, 0.4) is 0 Å². The second-order valence-electron chi connectivity index (χ2n) is 7.33. The zero-order valence-electron chi connectivity index (χ0n) is 17.0. The number of rotatable bonds is 13. The fourth-order valence-electron chi connectivity index (χ4n) is 3.30. The summed E-state index contributed by atoms with van der Waals surface area (Å²) >= 11 is 0. The van der Waals surface area contributed by atoms with Gasteiger partial charge in [0.15, 0.2) is 6.29 Å². The number of unbranched alkanes of at least 4 members (excludes halogenated alkanes) is 8. The van der Waals surface area contributed by atoms with Crippen LogP contribution in [0.5, 0.6) is 0 Å². The number of carboxylic acids is 1. The third kappa shape index (κ3) is 8.41. The molecule has 1 fully saturated rings. The first kappa shape index (κ1) is 22.4. The SMILES string of the molecule is CCCCCCCCCCC=CC=CC1OCC(c2cccc(C(=O)O)c2)O1. The van der Waals surface area contributed by atoms with Crippen LogP contribution in [0.2, 0.25) is 0 Å². The van der Waals surface area contributed by atoms with Crippen LogP contribution in [0.25, 0.3) is 0 Å². The zero-order chi connectivity index (χ0) is 20.0. The van der Waals surface area contributed by atoms with E-state index in [4.69, 9.17) is 14.6 Å². The monoisotopic (exact) mass is 386 g/mol. The van der Waals surface area contributed by atoms with Crippen LogP contribution in [0, 0.1) is 0 Å². The smallest absolute Gasteiger partial charge is 0.335 e. The molecule has 4 nitrogen and oxygen atoms in total. The van der Waals surface area contributed by atoms with Crippen LogP contribution in [-0.4, -0.2) is 24.0 Å². The Morgan fingerprint density at radius 1 is 1.11 bits per heavy atom. The molecule has 0 saturated carbocycles. The number of ether oxygens (including phenoxy) is 2. The topological polar surface area (TPSA) is 55.8 Å². The Labute approximate surface area is 169 Å². The molecule has 1 heterocycles. The Morgan fingerprint density at radius 2 is 1.86 bits per heavy atom. The van der Waals surface area contributed by atoms with Crippen LogP contribution < -0.4 is 0 Å². The molecule has 0 bridgehead atoms. The number of benzene rings is 1. The highest BCUT2D eigenvalue weighted by Crippen LogP contribution is 2.27. The molecule has 1 aromatic rings. The minimum atomic E-state index is -0.932. The molecular formula is C24H34O4. The fourth-order valence-corrected chi connectivity index (χ4v) is 3.30. The molecule has 154 valence electrons. The predicted molar refractivity (Wildman–Crippen MR) is 112 cm³/mol. The van der Waals surface area contributed by atoms with Gasteiger partial charge >= 0.3 is 5.97 Å². The minimum Gasteiger partial charge on any atom is -0.478 e. The highest BCUT2D eigenvalue weighted by molar-refractivity contribution is 5.87. The number of aromatic carboxylic acids is 1. The molecule has 4 heteroatoms. The Balaban J connectivity index is 1.59. The van der Waals surface area contributed by atoms with E-state index in [1.807, 2.05) is 24.3 Å². The first-order valence-electron chi connectivity index (χ1n) is 10.6. The van der Waals surface area contributed by atoms with E-state index in [9.17, 15) is 4.79 Å². The molecule has 0 spiro atoms. The molecule has 0 aromatic heterocycles. The second-order valence-corrected chi connectivity index (χ2v) is 7.33. The molecular weight excluding hydrogens is 352 g/mol. The quantitative estimate of drug-likeness (QED) is 0.313. The standard InChI is InChI=1S/C24H34O4/c1-2-3-4-5-6-7-8-9-10-11-12-13-17-23-27-19-22(28-23)20-15-14-16-21(18-20)24(25)26/h11-18,22-23H,2-10,19H2,1H3,(H,25,26). The number of carboxylic acid groups (broad SMARTS) is 1. The summed E-state index contributed by atoms with van der Waals surface area (Å²) in [6.07, 6.45) is 19.3.